The maximum atomic E-state index is 13.0. The number of rotatable bonds is 6. The zero-order chi connectivity index (χ0) is 21.9. The first-order valence-corrected chi connectivity index (χ1v) is 11.5. The van der Waals surface area contributed by atoms with Crippen molar-refractivity contribution in [3.63, 3.8) is 0 Å². The van der Waals surface area contributed by atoms with Crippen LogP contribution in [-0.4, -0.2) is 46.8 Å². The van der Waals surface area contributed by atoms with Crippen molar-refractivity contribution in [3.05, 3.63) is 107 Å². The minimum atomic E-state index is 0.0575. The van der Waals surface area contributed by atoms with E-state index in [0.29, 0.717) is 11.1 Å². The fourth-order valence-corrected chi connectivity index (χ4v) is 4.70. The van der Waals surface area contributed by atoms with Gasteiger partial charge in [0.25, 0.3) is 11.8 Å². The molecule has 0 spiro atoms. The Labute approximate surface area is 189 Å². The topological polar surface area (TPSA) is 40.6 Å². The SMILES string of the molecule is O=C(c1ccc(C(=O)N2CCC2Cc2ccccc2)cc1)N1CCC1Cc1ccccc1. The van der Waals surface area contributed by atoms with Crippen LogP contribution in [0.2, 0.25) is 0 Å². The number of hydrogen-bond acceptors (Lipinski definition) is 2. The van der Waals surface area contributed by atoms with E-state index in [1.165, 1.54) is 11.1 Å². The van der Waals surface area contributed by atoms with Gasteiger partial charge in [0.2, 0.25) is 0 Å². The van der Waals surface area contributed by atoms with Gasteiger partial charge in [-0.3, -0.25) is 9.59 Å². The van der Waals surface area contributed by atoms with Gasteiger partial charge in [-0.1, -0.05) is 60.7 Å². The monoisotopic (exact) mass is 424 g/mol. The molecule has 2 aliphatic rings. The lowest BCUT2D eigenvalue weighted by Crippen LogP contribution is -2.52. The zero-order valence-corrected chi connectivity index (χ0v) is 18.2. The molecule has 2 aliphatic heterocycles. The number of amides is 2. The van der Waals surface area contributed by atoms with Crippen molar-refractivity contribution in [1.29, 1.82) is 0 Å². The Morgan fingerprint density at radius 1 is 0.594 bits per heavy atom. The fraction of sp³-hybridized carbons (Fsp3) is 0.286. The maximum Gasteiger partial charge on any atom is 0.254 e. The van der Waals surface area contributed by atoms with Crippen LogP contribution in [0.5, 0.6) is 0 Å². The summed E-state index contributed by atoms with van der Waals surface area (Å²) in [4.78, 5) is 29.9. The molecule has 0 bridgehead atoms. The van der Waals surface area contributed by atoms with Crippen molar-refractivity contribution in [2.75, 3.05) is 13.1 Å². The van der Waals surface area contributed by atoms with Crippen molar-refractivity contribution < 1.29 is 9.59 Å². The van der Waals surface area contributed by atoms with E-state index in [-0.39, 0.29) is 23.9 Å². The minimum absolute atomic E-state index is 0.0575. The maximum absolute atomic E-state index is 13.0. The molecule has 162 valence electrons. The van der Waals surface area contributed by atoms with Crippen molar-refractivity contribution in [3.8, 4) is 0 Å². The molecule has 3 aromatic rings. The third kappa shape index (κ3) is 4.18. The third-order valence-electron chi connectivity index (χ3n) is 6.82. The molecule has 0 saturated carbocycles. The van der Waals surface area contributed by atoms with Crippen LogP contribution < -0.4 is 0 Å². The van der Waals surface area contributed by atoms with Crippen LogP contribution >= 0.6 is 0 Å². The molecule has 5 rings (SSSR count). The predicted molar refractivity (Wildman–Crippen MR) is 126 cm³/mol. The summed E-state index contributed by atoms with van der Waals surface area (Å²) < 4.78 is 0. The quantitative estimate of drug-likeness (QED) is 0.580. The summed E-state index contributed by atoms with van der Waals surface area (Å²) in [6.07, 6.45) is 3.85. The van der Waals surface area contributed by atoms with Gasteiger partial charge in [-0.05, 0) is 61.1 Å². The highest BCUT2D eigenvalue weighted by atomic mass is 16.2. The number of carbonyl (C=O) groups is 2. The standard InChI is InChI=1S/C28H28N2O2/c31-27(29-17-15-25(29)19-21-7-3-1-4-8-21)23-11-13-24(14-12-23)28(32)30-18-16-26(30)20-22-9-5-2-6-10-22/h1-14,25-26H,15-20H2. The molecule has 4 heteroatoms. The summed E-state index contributed by atoms with van der Waals surface area (Å²) in [5.41, 5.74) is 3.83. The number of likely N-dealkylation sites (tertiary alicyclic amines) is 2. The van der Waals surface area contributed by atoms with E-state index in [0.717, 1.165) is 38.8 Å². The summed E-state index contributed by atoms with van der Waals surface area (Å²) in [5, 5.41) is 0. The van der Waals surface area contributed by atoms with Gasteiger partial charge >= 0.3 is 0 Å². The lowest BCUT2D eigenvalue weighted by molar-refractivity contribution is 0.0453. The molecule has 2 amide bonds. The second kappa shape index (κ2) is 8.99. The van der Waals surface area contributed by atoms with Crippen molar-refractivity contribution in [2.24, 2.45) is 0 Å². The molecule has 4 nitrogen and oxygen atoms in total. The van der Waals surface area contributed by atoms with E-state index < -0.39 is 0 Å². The van der Waals surface area contributed by atoms with Gasteiger partial charge in [-0.15, -0.1) is 0 Å². The number of carbonyl (C=O) groups excluding carboxylic acids is 2. The molecule has 0 aromatic heterocycles. The molecule has 2 atom stereocenters. The molecule has 2 unspecified atom stereocenters. The highest BCUT2D eigenvalue weighted by molar-refractivity contribution is 5.98. The van der Waals surface area contributed by atoms with E-state index >= 15 is 0 Å². The van der Waals surface area contributed by atoms with E-state index in [1.807, 2.05) is 46.2 Å². The van der Waals surface area contributed by atoms with Crippen LogP contribution in [0.25, 0.3) is 0 Å². The van der Waals surface area contributed by atoms with Gasteiger partial charge in [0.05, 0.1) is 0 Å². The van der Waals surface area contributed by atoms with E-state index in [9.17, 15) is 9.59 Å². The molecule has 0 N–H and O–H groups in total. The predicted octanol–water partition coefficient (Wildman–Crippen LogP) is 4.60. The van der Waals surface area contributed by atoms with Crippen LogP contribution in [0.4, 0.5) is 0 Å². The first-order chi connectivity index (χ1) is 15.7. The molecule has 2 saturated heterocycles. The van der Waals surface area contributed by atoms with Crippen LogP contribution in [0.15, 0.2) is 84.9 Å². The van der Waals surface area contributed by atoms with E-state index in [2.05, 4.69) is 24.3 Å². The number of nitrogens with zero attached hydrogens (tertiary/aromatic N) is 2. The van der Waals surface area contributed by atoms with Crippen molar-refractivity contribution in [1.82, 2.24) is 9.80 Å². The number of hydrogen-bond donors (Lipinski definition) is 0. The van der Waals surface area contributed by atoms with Crippen LogP contribution in [0.1, 0.15) is 44.7 Å². The first-order valence-electron chi connectivity index (χ1n) is 11.5. The second-order valence-electron chi connectivity index (χ2n) is 8.84. The minimum Gasteiger partial charge on any atom is -0.335 e. The third-order valence-corrected chi connectivity index (χ3v) is 6.82. The second-order valence-corrected chi connectivity index (χ2v) is 8.84. The highest BCUT2D eigenvalue weighted by Crippen LogP contribution is 2.26. The molecule has 32 heavy (non-hydrogen) atoms. The fourth-order valence-electron chi connectivity index (χ4n) is 4.70. The smallest absolute Gasteiger partial charge is 0.254 e. The average molecular weight is 425 g/mol. The Bertz CT molecular complexity index is 991. The summed E-state index contributed by atoms with van der Waals surface area (Å²) in [7, 11) is 0. The molecule has 3 aromatic carbocycles. The summed E-state index contributed by atoms with van der Waals surface area (Å²) in [6, 6.07) is 28.4. The highest BCUT2D eigenvalue weighted by Gasteiger charge is 2.34. The summed E-state index contributed by atoms with van der Waals surface area (Å²) in [5.74, 6) is 0.115. The summed E-state index contributed by atoms with van der Waals surface area (Å²) >= 11 is 0. The van der Waals surface area contributed by atoms with E-state index in [1.54, 1.807) is 24.3 Å². The van der Waals surface area contributed by atoms with Crippen molar-refractivity contribution >= 4 is 11.8 Å². The lowest BCUT2D eigenvalue weighted by Gasteiger charge is -2.42. The molecule has 0 aliphatic carbocycles. The molecule has 0 radical (unpaired) electrons. The van der Waals surface area contributed by atoms with Crippen LogP contribution in [-0.2, 0) is 12.8 Å². The lowest BCUT2D eigenvalue weighted by atomic mass is 9.93. The van der Waals surface area contributed by atoms with Gasteiger partial charge in [-0.2, -0.15) is 0 Å². The Morgan fingerprint density at radius 3 is 1.28 bits per heavy atom. The zero-order valence-electron chi connectivity index (χ0n) is 18.2. The Hall–Kier alpha value is -3.40. The van der Waals surface area contributed by atoms with Crippen LogP contribution in [0, 0.1) is 0 Å². The Balaban J connectivity index is 1.20. The Kier molecular flexibility index (Phi) is 5.76. The van der Waals surface area contributed by atoms with Gasteiger partial charge < -0.3 is 9.80 Å². The van der Waals surface area contributed by atoms with Crippen molar-refractivity contribution in [2.45, 2.75) is 37.8 Å². The first kappa shape index (κ1) is 20.5. The normalized spacial score (nSPS) is 19.8. The largest absolute Gasteiger partial charge is 0.335 e. The molecular formula is C28H28N2O2. The summed E-state index contributed by atoms with van der Waals surface area (Å²) in [6.45, 7) is 1.60. The van der Waals surface area contributed by atoms with Gasteiger partial charge in [0, 0.05) is 36.3 Å². The van der Waals surface area contributed by atoms with Gasteiger partial charge in [0.15, 0.2) is 0 Å². The number of benzene rings is 3. The van der Waals surface area contributed by atoms with Gasteiger partial charge in [0.1, 0.15) is 0 Å². The Morgan fingerprint density at radius 2 is 0.969 bits per heavy atom. The molecule has 2 fully saturated rings. The molecular weight excluding hydrogens is 396 g/mol. The van der Waals surface area contributed by atoms with Gasteiger partial charge in [-0.25, -0.2) is 0 Å². The van der Waals surface area contributed by atoms with Crippen LogP contribution in [0.3, 0.4) is 0 Å². The molecule has 2 heterocycles. The average Bonchev–Trinajstić information content (AvgIpc) is 2.81. The van der Waals surface area contributed by atoms with E-state index in [4.69, 9.17) is 0 Å².